The second-order valence-corrected chi connectivity index (χ2v) is 17.9. The minimum absolute atomic E-state index is 1.06. The molecule has 12 rings (SSSR count). The van der Waals surface area contributed by atoms with Gasteiger partial charge < -0.3 is 9.80 Å². The molecule has 0 fully saturated rings. The molecule has 0 amide bonds. The van der Waals surface area contributed by atoms with Gasteiger partial charge in [0.25, 0.3) is 0 Å². The van der Waals surface area contributed by atoms with Crippen LogP contribution in [0.3, 0.4) is 0 Å². The Morgan fingerprint density at radius 1 is 0.387 bits per heavy atom. The van der Waals surface area contributed by atoms with Gasteiger partial charge in [0.05, 0.1) is 0 Å². The lowest BCUT2D eigenvalue weighted by Crippen LogP contribution is -2.18. The van der Waals surface area contributed by atoms with Crippen molar-refractivity contribution < 1.29 is 0 Å². The van der Waals surface area contributed by atoms with E-state index in [2.05, 4.69) is 194 Å². The highest BCUT2D eigenvalue weighted by Crippen LogP contribution is 2.50. The normalized spacial score (nSPS) is 16.0. The number of benzene rings is 8. The van der Waals surface area contributed by atoms with E-state index in [-0.39, 0.29) is 0 Å². The zero-order valence-electron chi connectivity index (χ0n) is 35.7. The molecule has 2 heterocycles. The number of anilines is 4. The van der Waals surface area contributed by atoms with E-state index < -0.39 is 0 Å². The van der Waals surface area contributed by atoms with Crippen molar-refractivity contribution in [3.05, 3.63) is 215 Å². The highest BCUT2D eigenvalue weighted by Gasteiger charge is 2.28. The fraction of sp³-hybridized carbons (Fsp3) is 0.167. The highest BCUT2D eigenvalue weighted by atomic mass is 15.2. The number of allylic oxidation sites excluding steroid dienone is 6. The third kappa shape index (κ3) is 6.15. The van der Waals surface area contributed by atoms with Crippen molar-refractivity contribution in [2.24, 2.45) is 0 Å². The van der Waals surface area contributed by atoms with Gasteiger partial charge in [0.2, 0.25) is 0 Å². The standard InChI is InChI=1S/C60H50N2/c1-39-33-40(2)35-48(34-39)60-52-32-30-49(61-55-19-9-5-14-42(55)24-25-43-15-6-10-20-56(43)61)37-53(52)59(47-28-23-41-13-3-4-18-46(41)36-47)51-31-29-50(38-54(51)60)62-57-21-11-7-16-44(57)26-27-45-17-8-12-22-58(45)62/h3-5,7,9-14,16,18-23,28-38H,6,8,15,17,24-27H2,1-2H3. The number of nitrogens with zero attached hydrogens (tertiary/aromatic N) is 2. The molecule has 2 heteroatoms. The quantitative estimate of drug-likeness (QED) is 0.164. The summed E-state index contributed by atoms with van der Waals surface area (Å²) in [5.41, 5.74) is 21.3. The number of aryl methyl sites for hydroxylation is 4. The van der Waals surface area contributed by atoms with Crippen LogP contribution in [0.5, 0.6) is 0 Å². The van der Waals surface area contributed by atoms with E-state index in [1.807, 2.05) is 0 Å². The summed E-state index contributed by atoms with van der Waals surface area (Å²) in [6.45, 7) is 4.48. The summed E-state index contributed by atoms with van der Waals surface area (Å²) in [5, 5.41) is 7.61. The van der Waals surface area contributed by atoms with E-state index in [4.69, 9.17) is 0 Å². The van der Waals surface area contributed by atoms with E-state index in [1.54, 1.807) is 11.1 Å². The largest absolute Gasteiger partial charge is 0.310 e. The van der Waals surface area contributed by atoms with Crippen molar-refractivity contribution in [1.29, 1.82) is 0 Å². The van der Waals surface area contributed by atoms with E-state index in [0.29, 0.717) is 0 Å². The Hall–Kier alpha value is -6.90. The number of rotatable bonds is 4. The van der Waals surface area contributed by atoms with E-state index in [9.17, 15) is 0 Å². The summed E-state index contributed by atoms with van der Waals surface area (Å²) < 4.78 is 0. The predicted molar refractivity (Wildman–Crippen MR) is 264 cm³/mol. The minimum Gasteiger partial charge on any atom is -0.310 e. The van der Waals surface area contributed by atoms with Gasteiger partial charge in [-0.2, -0.15) is 0 Å². The maximum absolute atomic E-state index is 2.57. The molecular formula is C60H50N2. The molecule has 0 spiro atoms. The Balaban J connectivity index is 1.20. The summed E-state index contributed by atoms with van der Waals surface area (Å²) >= 11 is 0. The molecule has 0 radical (unpaired) electrons. The second kappa shape index (κ2) is 14.9. The maximum atomic E-state index is 2.57. The van der Waals surface area contributed by atoms with Gasteiger partial charge in [-0.05, 0) is 197 Å². The van der Waals surface area contributed by atoms with Crippen LogP contribution >= 0.6 is 0 Å². The number of para-hydroxylation sites is 2. The van der Waals surface area contributed by atoms with Crippen molar-refractivity contribution in [2.45, 2.75) is 65.2 Å². The first-order valence-corrected chi connectivity index (χ1v) is 22.7. The summed E-state index contributed by atoms with van der Waals surface area (Å²) in [7, 11) is 0. The van der Waals surface area contributed by atoms with Gasteiger partial charge in [-0.1, -0.05) is 126 Å². The van der Waals surface area contributed by atoms with Crippen molar-refractivity contribution in [2.75, 3.05) is 9.80 Å². The average Bonchev–Trinajstić information content (AvgIpc) is 3.58. The lowest BCUT2D eigenvalue weighted by atomic mass is 9.84. The first kappa shape index (κ1) is 36.9. The molecule has 62 heavy (non-hydrogen) atoms. The molecule has 300 valence electrons. The number of fused-ring (bicyclic) bond motifs is 5. The van der Waals surface area contributed by atoms with Gasteiger partial charge in [0, 0.05) is 34.1 Å². The van der Waals surface area contributed by atoms with Crippen LogP contribution in [0, 0.1) is 13.8 Å². The number of hydrogen-bond donors (Lipinski definition) is 0. The Kier molecular flexibility index (Phi) is 8.88. The van der Waals surface area contributed by atoms with Crippen LogP contribution in [0.25, 0.3) is 54.6 Å². The SMILES string of the molecule is Cc1cc(C)cc(-c2c3ccc(N4C5=C(CCC=C5)CCc5ccccc54)cc3c(-c3ccc4ccccc4c3)c3ccc(N4C5=C(CCC=C5)CCc5ccccc54)cc23)c1. The van der Waals surface area contributed by atoms with Crippen LogP contribution in [-0.2, 0) is 12.8 Å². The first-order chi connectivity index (χ1) is 30.6. The van der Waals surface area contributed by atoms with Gasteiger partial charge in [-0.3, -0.25) is 0 Å². The smallest absolute Gasteiger partial charge is 0.0493 e. The third-order valence-electron chi connectivity index (χ3n) is 14.0. The van der Waals surface area contributed by atoms with Gasteiger partial charge >= 0.3 is 0 Å². The number of hydrogen-bond acceptors (Lipinski definition) is 2. The van der Waals surface area contributed by atoms with Crippen LogP contribution in [0.4, 0.5) is 22.7 Å². The molecular weight excluding hydrogens is 749 g/mol. The molecule has 0 N–H and O–H groups in total. The second-order valence-electron chi connectivity index (χ2n) is 17.9. The molecule has 0 saturated carbocycles. The van der Waals surface area contributed by atoms with E-state index in [0.717, 1.165) is 51.4 Å². The van der Waals surface area contributed by atoms with Gasteiger partial charge in [0.15, 0.2) is 0 Å². The zero-order valence-corrected chi connectivity index (χ0v) is 35.7. The highest BCUT2D eigenvalue weighted by molar-refractivity contribution is 6.23. The molecule has 0 saturated heterocycles. The van der Waals surface area contributed by atoms with Crippen LogP contribution < -0.4 is 9.80 Å². The molecule has 2 nitrogen and oxygen atoms in total. The fourth-order valence-electron chi connectivity index (χ4n) is 11.2. The molecule has 4 aliphatic rings. The lowest BCUT2D eigenvalue weighted by molar-refractivity contribution is 0.833. The van der Waals surface area contributed by atoms with Crippen molar-refractivity contribution in [3.63, 3.8) is 0 Å². The fourth-order valence-corrected chi connectivity index (χ4v) is 11.2. The Labute approximate surface area is 365 Å². The summed E-state index contributed by atoms with van der Waals surface area (Å²) in [5.74, 6) is 0. The lowest BCUT2D eigenvalue weighted by Gasteiger charge is -2.31. The molecule has 0 aromatic heterocycles. The molecule has 0 unspecified atom stereocenters. The Bertz CT molecular complexity index is 3260. The minimum atomic E-state index is 1.06. The van der Waals surface area contributed by atoms with Crippen LogP contribution in [0.1, 0.15) is 60.8 Å². The Morgan fingerprint density at radius 2 is 0.903 bits per heavy atom. The van der Waals surface area contributed by atoms with Crippen molar-refractivity contribution in [3.8, 4) is 22.3 Å². The molecule has 8 aromatic carbocycles. The van der Waals surface area contributed by atoms with Crippen LogP contribution in [0.15, 0.2) is 192 Å². The molecule has 2 aliphatic carbocycles. The van der Waals surface area contributed by atoms with Gasteiger partial charge in [-0.15, -0.1) is 0 Å². The molecule has 2 aliphatic heterocycles. The van der Waals surface area contributed by atoms with Gasteiger partial charge in [-0.25, -0.2) is 0 Å². The zero-order chi connectivity index (χ0) is 41.3. The summed E-state index contributed by atoms with van der Waals surface area (Å²) in [4.78, 5) is 5.14. The van der Waals surface area contributed by atoms with Crippen molar-refractivity contribution in [1.82, 2.24) is 0 Å². The average molecular weight is 799 g/mol. The summed E-state index contributed by atoms with van der Waals surface area (Å²) in [6, 6.07) is 55.9. The van der Waals surface area contributed by atoms with Gasteiger partial charge in [0.1, 0.15) is 0 Å². The first-order valence-electron chi connectivity index (χ1n) is 22.7. The van der Waals surface area contributed by atoms with Crippen LogP contribution in [0.2, 0.25) is 0 Å². The third-order valence-corrected chi connectivity index (χ3v) is 14.0. The monoisotopic (exact) mass is 798 g/mol. The topological polar surface area (TPSA) is 6.48 Å². The molecule has 0 atom stereocenters. The summed E-state index contributed by atoms with van der Waals surface area (Å²) in [6.07, 6.45) is 18.3. The maximum Gasteiger partial charge on any atom is 0.0493 e. The van der Waals surface area contributed by atoms with Crippen LogP contribution in [-0.4, -0.2) is 0 Å². The molecule has 0 bridgehead atoms. The predicted octanol–water partition coefficient (Wildman–Crippen LogP) is 16.5. The van der Waals surface area contributed by atoms with E-state index >= 15 is 0 Å². The van der Waals surface area contributed by atoms with E-state index in [1.165, 1.54) is 111 Å². The van der Waals surface area contributed by atoms with Crippen molar-refractivity contribution >= 4 is 55.1 Å². The Morgan fingerprint density at radius 3 is 1.48 bits per heavy atom. The molecule has 8 aromatic rings.